The Morgan fingerprint density at radius 3 is 2.83 bits per heavy atom. The van der Waals surface area contributed by atoms with E-state index in [0.717, 1.165) is 35.1 Å². The summed E-state index contributed by atoms with van der Waals surface area (Å²) < 4.78 is 5.73. The van der Waals surface area contributed by atoms with E-state index in [1.807, 2.05) is 31.2 Å². The molecule has 0 aliphatic heterocycles. The van der Waals surface area contributed by atoms with E-state index in [0.29, 0.717) is 6.54 Å². The second kappa shape index (κ2) is 3.85. The van der Waals surface area contributed by atoms with E-state index >= 15 is 0 Å². The SMILES string of the molecule is Cc1c(CNC(=O)C2(N)CC2)oc2ccccc12. The molecule has 1 fully saturated rings. The second-order valence-corrected chi connectivity index (χ2v) is 4.99. The van der Waals surface area contributed by atoms with E-state index in [4.69, 9.17) is 10.2 Å². The van der Waals surface area contributed by atoms with Crippen LogP contribution in [0.3, 0.4) is 0 Å². The third-order valence-corrected chi connectivity index (χ3v) is 3.59. The normalized spacial score (nSPS) is 16.8. The molecule has 18 heavy (non-hydrogen) atoms. The number of para-hydroxylation sites is 1. The molecule has 1 aromatic carbocycles. The lowest BCUT2D eigenvalue weighted by molar-refractivity contribution is -0.123. The largest absolute Gasteiger partial charge is 0.459 e. The average Bonchev–Trinajstić information content (AvgIpc) is 3.05. The minimum atomic E-state index is -0.625. The van der Waals surface area contributed by atoms with Gasteiger partial charge in [-0.05, 0) is 25.8 Å². The van der Waals surface area contributed by atoms with Crippen molar-refractivity contribution < 1.29 is 9.21 Å². The van der Waals surface area contributed by atoms with Crippen molar-refractivity contribution in [3.05, 3.63) is 35.6 Å². The van der Waals surface area contributed by atoms with Crippen molar-refractivity contribution in [1.29, 1.82) is 0 Å². The Kier molecular flexibility index (Phi) is 2.41. The van der Waals surface area contributed by atoms with Crippen LogP contribution >= 0.6 is 0 Å². The highest BCUT2D eigenvalue weighted by Gasteiger charge is 2.45. The van der Waals surface area contributed by atoms with E-state index in [1.54, 1.807) is 0 Å². The molecule has 94 valence electrons. The number of hydrogen-bond donors (Lipinski definition) is 2. The molecule has 1 amide bonds. The highest BCUT2D eigenvalue weighted by Crippen LogP contribution is 2.32. The van der Waals surface area contributed by atoms with Crippen molar-refractivity contribution in [3.8, 4) is 0 Å². The molecule has 1 aromatic heterocycles. The van der Waals surface area contributed by atoms with Crippen LogP contribution in [0.2, 0.25) is 0 Å². The third kappa shape index (κ3) is 1.78. The number of rotatable bonds is 3. The first kappa shape index (κ1) is 11.3. The van der Waals surface area contributed by atoms with Crippen LogP contribution in [-0.4, -0.2) is 11.4 Å². The number of fused-ring (bicyclic) bond motifs is 1. The zero-order valence-electron chi connectivity index (χ0n) is 10.3. The molecule has 1 heterocycles. The number of aryl methyl sites for hydroxylation is 1. The number of hydrogen-bond acceptors (Lipinski definition) is 3. The quantitative estimate of drug-likeness (QED) is 0.865. The molecule has 3 N–H and O–H groups in total. The Morgan fingerprint density at radius 1 is 1.44 bits per heavy atom. The van der Waals surface area contributed by atoms with E-state index in [-0.39, 0.29) is 5.91 Å². The Hall–Kier alpha value is -1.81. The molecule has 4 heteroatoms. The van der Waals surface area contributed by atoms with E-state index in [9.17, 15) is 4.79 Å². The van der Waals surface area contributed by atoms with Gasteiger partial charge in [0.2, 0.25) is 5.91 Å². The Balaban J connectivity index is 1.78. The number of carbonyl (C=O) groups is 1. The maximum Gasteiger partial charge on any atom is 0.240 e. The standard InChI is InChI=1S/C14H16N2O2/c1-9-10-4-2-3-5-11(10)18-12(9)8-16-13(17)14(15)6-7-14/h2-5H,6-8,15H2,1H3,(H,16,17). The molecule has 2 aromatic rings. The van der Waals surface area contributed by atoms with E-state index in [2.05, 4.69) is 5.32 Å². The molecule has 1 aliphatic carbocycles. The Bertz CT molecular complexity index is 611. The van der Waals surface area contributed by atoms with Gasteiger partial charge in [-0.25, -0.2) is 0 Å². The van der Waals surface area contributed by atoms with Crippen LogP contribution in [0.25, 0.3) is 11.0 Å². The first-order valence-electron chi connectivity index (χ1n) is 6.14. The number of amides is 1. The van der Waals surface area contributed by atoms with Gasteiger partial charge in [-0.2, -0.15) is 0 Å². The summed E-state index contributed by atoms with van der Waals surface area (Å²) in [6, 6.07) is 7.86. The van der Waals surface area contributed by atoms with Crippen LogP contribution in [0.5, 0.6) is 0 Å². The fourth-order valence-electron chi connectivity index (χ4n) is 2.09. The summed E-state index contributed by atoms with van der Waals surface area (Å²) in [7, 11) is 0. The number of carbonyl (C=O) groups excluding carboxylic acids is 1. The predicted molar refractivity (Wildman–Crippen MR) is 69.0 cm³/mol. The van der Waals surface area contributed by atoms with E-state index < -0.39 is 5.54 Å². The van der Waals surface area contributed by atoms with Gasteiger partial charge in [0.1, 0.15) is 11.3 Å². The topological polar surface area (TPSA) is 68.3 Å². The smallest absolute Gasteiger partial charge is 0.240 e. The van der Waals surface area contributed by atoms with Crippen LogP contribution in [0, 0.1) is 6.92 Å². The first-order chi connectivity index (χ1) is 8.60. The summed E-state index contributed by atoms with van der Waals surface area (Å²) in [5.74, 6) is 0.719. The minimum absolute atomic E-state index is 0.0812. The third-order valence-electron chi connectivity index (χ3n) is 3.59. The molecule has 0 bridgehead atoms. The van der Waals surface area contributed by atoms with Crippen LogP contribution in [0.4, 0.5) is 0 Å². The average molecular weight is 244 g/mol. The van der Waals surface area contributed by atoms with Crippen LogP contribution < -0.4 is 11.1 Å². The summed E-state index contributed by atoms with van der Waals surface area (Å²) in [5, 5.41) is 3.94. The number of nitrogens with two attached hydrogens (primary N) is 1. The molecule has 0 atom stereocenters. The maximum atomic E-state index is 11.7. The van der Waals surface area contributed by atoms with Gasteiger partial charge < -0.3 is 15.5 Å². The van der Waals surface area contributed by atoms with Crippen molar-refractivity contribution in [1.82, 2.24) is 5.32 Å². The van der Waals surface area contributed by atoms with E-state index in [1.165, 1.54) is 0 Å². The van der Waals surface area contributed by atoms with Gasteiger partial charge in [0, 0.05) is 10.9 Å². The summed E-state index contributed by atoms with van der Waals surface area (Å²) in [6.07, 6.45) is 1.55. The van der Waals surface area contributed by atoms with Gasteiger partial charge >= 0.3 is 0 Å². The number of furan rings is 1. The van der Waals surface area contributed by atoms with Gasteiger partial charge in [-0.1, -0.05) is 18.2 Å². The zero-order valence-corrected chi connectivity index (χ0v) is 10.3. The molecule has 0 unspecified atom stereocenters. The van der Waals surface area contributed by atoms with Crippen molar-refractivity contribution in [2.75, 3.05) is 0 Å². The minimum Gasteiger partial charge on any atom is -0.459 e. The van der Waals surface area contributed by atoms with Crippen LogP contribution in [0.1, 0.15) is 24.2 Å². The van der Waals surface area contributed by atoms with Gasteiger partial charge in [-0.3, -0.25) is 4.79 Å². The summed E-state index contributed by atoms with van der Waals surface area (Å²) >= 11 is 0. The summed E-state index contributed by atoms with van der Waals surface area (Å²) in [5.41, 5.74) is 7.13. The summed E-state index contributed by atoms with van der Waals surface area (Å²) in [6.45, 7) is 2.40. The van der Waals surface area contributed by atoms with Gasteiger partial charge in [0.15, 0.2) is 0 Å². The maximum absolute atomic E-state index is 11.7. The predicted octanol–water partition coefficient (Wildman–Crippen LogP) is 1.85. The second-order valence-electron chi connectivity index (χ2n) is 4.99. The number of nitrogens with one attached hydrogen (secondary N) is 1. The molecular formula is C14H16N2O2. The highest BCUT2D eigenvalue weighted by atomic mass is 16.3. The first-order valence-corrected chi connectivity index (χ1v) is 6.14. The molecule has 1 saturated carbocycles. The molecule has 4 nitrogen and oxygen atoms in total. The zero-order chi connectivity index (χ0) is 12.8. The van der Waals surface area contributed by atoms with Crippen LogP contribution in [-0.2, 0) is 11.3 Å². The fraction of sp³-hybridized carbons (Fsp3) is 0.357. The highest BCUT2D eigenvalue weighted by molar-refractivity contribution is 5.89. The molecule has 0 radical (unpaired) electrons. The molecule has 1 aliphatic rings. The fourth-order valence-corrected chi connectivity index (χ4v) is 2.09. The Morgan fingerprint density at radius 2 is 2.17 bits per heavy atom. The monoisotopic (exact) mass is 244 g/mol. The van der Waals surface area contributed by atoms with Gasteiger partial charge in [0.05, 0.1) is 12.1 Å². The van der Waals surface area contributed by atoms with Crippen molar-refractivity contribution in [3.63, 3.8) is 0 Å². The van der Waals surface area contributed by atoms with Crippen molar-refractivity contribution in [2.45, 2.75) is 31.8 Å². The Labute approximate surface area is 105 Å². The van der Waals surface area contributed by atoms with Gasteiger partial charge in [0.25, 0.3) is 0 Å². The van der Waals surface area contributed by atoms with Crippen molar-refractivity contribution in [2.24, 2.45) is 5.73 Å². The summed E-state index contributed by atoms with van der Waals surface area (Å²) in [4.78, 5) is 11.7. The number of benzene rings is 1. The molecule has 3 rings (SSSR count). The molecule has 0 saturated heterocycles. The lowest BCUT2D eigenvalue weighted by Crippen LogP contribution is -2.42. The molecule has 0 spiro atoms. The van der Waals surface area contributed by atoms with Crippen LogP contribution in [0.15, 0.2) is 28.7 Å². The molecular weight excluding hydrogens is 228 g/mol. The lowest BCUT2D eigenvalue weighted by atomic mass is 10.1. The van der Waals surface area contributed by atoms with Crippen molar-refractivity contribution >= 4 is 16.9 Å². The van der Waals surface area contributed by atoms with Gasteiger partial charge in [-0.15, -0.1) is 0 Å². The lowest BCUT2D eigenvalue weighted by Gasteiger charge is -2.08.